The van der Waals surface area contributed by atoms with Crippen molar-refractivity contribution < 1.29 is 9.59 Å². The lowest BCUT2D eigenvalue weighted by Crippen LogP contribution is -2.32. The topological polar surface area (TPSA) is 49.4 Å². The Morgan fingerprint density at radius 2 is 1.79 bits per heavy atom. The predicted molar refractivity (Wildman–Crippen MR) is 94.7 cm³/mol. The molecule has 0 saturated carbocycles. The van der Waals surface area contributed by atoms with Gasteiger partial charge >= 0.3 is 0 Å². The first-order valence-corrected chi connectivity index (χ1v) is 8.23. The quantitative estimate of drug-likeness (QED) is 0.941. The van der Waals surface area contributed by atoms with E-state index in [0.29, 0.717) is 13.1 Å². The minimum Gasteiger partial charge on any atom is -0.352 e. The fourth-order valence-electron chi connectivity index (χ4n) is 3.17. The molecule has 1 N–H and O–H groups in total. The Morgan fingerprint density at radius 3 is 2.46 bits per heavy atom. The largest absolute Gasteiger partial charge is 0.352 e. The lowest BCUT2D eigenvalue weighted by molar-refractivity contribution is -0.126. The zero-order chi connectivity index (χ0) is 17.1. The van der Waals surface area contributed by atoms with Crippen LogP contribution in [0.15, 0.2) is 48.5 Å². The van der Waals surface area contributed by atoms with Crippen LogP contribution in [0, 0.1) is 19.8 Å². The highest BCUT2D eigenvalue weighted by molar-refractivity contribution is 6.00. The third kappa shape index (κ3) is 3.65. The van der Waals surface area contributed by atoms with Crippen LogP contribution in [0.4, 0.5) is 5.69 Å². The third-order valence-corrected chi connectivity index (χ3v) is 4.32. The molecule has 2 aromatic rings. The summed E-state index contributed by atoms with van der Waals surface area (Å²) in [5.41, 5.74) is 4.18. The Bertz CT molecular complexity index is 735. The van der Waals surface area contributed by atoms with E-state index in [1.165, 1.54) is 0 Å². The van der Waals surface area contributed by atoms with Crippen LogP contribution in [0.5, 0.6) is 0 Å². The van der Waals surface area contributed by atoms with Crippen molar-refractivity contribution in [1.82, 2.24) is 5.32 Å². The van der Waals surface area contributed by atoms with Gasteiger partial charge < -0.3 is 10.2 Å². The molecule has 0 aromatic heterocycles. The molecule has 0 bridgehead atoms. The number of nitrogens with one attached hydrogen (secondary N) is 1. The van der Waals surface area contributed by atoms with Crippen molar-refractivity contribution in [3.8, 4) is 0 Å². The zero-order valence-electron chi connectivity index (χ0n) is 14.1. The Balaban J connectivity index is 1.64. The van der Waals surface area contributed by atoms with E-state index >= 15 is 0 Å². The number of hydrogen-bond acceptors (Lipinski definition) is 2. The van der Waals surface area contributed by atoms with Crippen LogP contribution in [-0.2, 0) is 16.1 Å². The van der Waals surface area contributed by atoms with E-state index in [9.17, 15) is 9.59 Å². The van der Waals surface area contributed by atoms with E-state index in [1.54, 1.807) is 4.90 Å². The number of nitrogens with zero attached hydrogens (tertiary/aromatic N) is 1. The van der Waals surface area contributed by atoms with Crippen molar-refractivity contribution in [3.63, 3.8) is 0 Å². The van der Waals surface area contributed by atoms with E-state index in [4.69, 9.17) is 0 Å². The number of aryl methyl sites for hydroxylation is 2. The van der Waals surface area contributed by atoms with Crippen LogP contribution in [-0.4, -0.2) is 18.4 Å². The molecule has 1 aliphatic heterocycles. The van der Waals surface area contributed by atoms with Gasteiger partial charge in [-0.3, -0.25) is 9.59 Å². The summed E-state index contributed by atoms with van der Waals surface area (Å²) in [5, 5.41) is 2.94. The van der Waals surface area contributed by atoms with Crippen LogP contribution >= 0.6 is 0 Å². The van der Waals surface area contributed by atoms with Crippen LogP contribution in [0.3, 0.4) is 0 Å². The maximum Gasteiger partial charge on any atom is 0.227 e. The minimum absolute atomic E-state index is 0.0138. The predicted octanol–water partition coefficient (Wildman–Crippen LogP) is 2.97. The molecule has 1 saturated heterocycles. The molecule has 124 valence electrons. The average Bonchev–Trinajstić information content (AvgIpc) is 2.95. The third-order valence-electron chi connectivity index (χ3n) is 4.32. The van der Waals surface area contributed by atoms with Gasteiger partial charge in [0.05, 0.1) is 5.92 Å². The highest BCUT2D eigenvalue weighted by Gasteiger charge is 2.35. The molecule has 4 heteroatoms. The molecule has 0 spiro atoms. The smallest absolute Gasteiger partial charge is 0.227 e. The molecule has 1 heterocycles. The molecule has 1 atom stereocenters. The summed E-state index contributed by atoms with van der Waals surface area (Å²) < 4.78 is 0. The summed E-state index contributed by atoms with van der Waals surface area (Å²) in [6.07, 6.45) is 0.271. The number of amides is 2. The molecule has 1 fully saturated rings. The maximum atomic E-state index is 12.4. The molecular formula is C20H22N2O2. The highest BCUT2D eigenvalue weighted by Crippen LogP contribution is 2.27. The van der Waals surface area contributed by atoms with Crippen molar-refractivity contribution in [2.75, 3.05) is 11.4 Å². The molecule has 1 unspecified atom stereocenters. The van der Waals surface area contributed by atoms with Crippen molar-refractivity contribution >= 4 is 17.5 Å². The average molecular weight is 322 g/mol. The summed E-state index contributed by atoms with van der Waals surface area (Å²) in [5.74, 6) is -0.332. The molecular weight excluding hydrogens is 300 g/mol. The van der Waals surface area contributed by atoms with E-state index in [0.717, 1.165) is 22.4 Å². The zero-order valence-corrected chi connectivity index (χ0v) is 14.1. The SMILES string of the molecule is Cc1cc(C)cc(N2CC(C(=O)NCc3ccccc3)CC2=O)c1. The van der Waals surface area contributed by atoms with Gasteiger partial charge in [-0.15, -0.1) is 0 Å². The normalized spacial score (nSPS) is 17.2. The summed E-state index contributed by atoms with van der Waals surface area (Å²) >= 11 is 0. The monoisotopic (exact) mass is 322 g/mol. The van der Waals surface area contributed by atoms with Gasteiger partial charge in [-0.2, -0.15) is 0 Å². The highest BCUT2D eigenvalue weighted by atomic mass is 16.2. The lowest BCUT2D eigenvalue weighted by Gasteiger charge is -2.18. The van der Waals surface area contributed by atoms with Crippen molar-refractivity contribution in [2.24, 2.45) is 5.92 Å². The van der Waals surface area contributed by atoms with Gasteiger partial charge in [0.25, 0.3) is 0 Å². The van der Waals surface area contributed by atoms with Crippen molar-refractivity contribution in [2.45, 2.75) is 26.8 Å². The molecule has 1 aliphatic rings. The second kappa shape index (κ2) is 6.87. The number of carbonyl (C=O) groups is 2. The molecule has 2 aromatic carbocycles. The summed E-state index contributed by atoms with van der Waals surface area (Å²) in [7, 11) is 0. The lowest BCUT2D eigenvalue weighted by atomic mass is 10.1. The number of benzene rings is 2. The Kier molecular flexibility index (Phi) is 4.65. The number of carbonyl (C=O) groups excluding carboxylic acids is 2. The minimum atomic E-state index is -0.290. The van der Waals surface area contributed by atoms with E-state index in [-0.39, 0.29) is 24.2 Å². The standard InChI is InChI=1S/C20H22N2O2/c1-14-8-15(2)10-18(9-14)22-13-17(11-19(22)23)20(24)21-12-16-6-4-3-5-7-16/h3-10,17H,11-13H2,1-2H3,(H,21,24). The van der Waals surface area contributed by atoms with Gasteiger partial charge in [0.15, 0.2) is 0 Å². The fourth-order valence-corrected chi connectivity index (χ4v) is 3.17. The van der Waals surface area contributed by atoms with Crippen LogP contribution in [0.2, 0.25) is 0 Å². The molecule has 24 heavy (non-hydrogen) atoms. The summed E-state index contributed by atoms with van der Waals surface area (Å²) in [6, 6.07) is 15.9. The molecule has 2 amide bonds. The maximum absolute atomic E-state index is 12.4. The summed E-state index contributed by atoms with van der Waals surface area (Å²) in [6.45, 7) is 4.97. The first kappa shape index (κ1) is 16.2. The summed E-state index contributed by atoms with van der Waals surface area (Å²) in [4.78, 5) is 26.4. The Hall–Kier alpha value is -2.62. The first-order valence-electron chi connectivity index (χ1n) is 8.23. The van der Waals surface area contributed by atoms with Gasteiger partial charge in [-0.25, -0.2) is 0 Å². The first-order chi connectivity index (χ1) is 11.5. The van der Waals surface area contributed by atoms with Crippen molar-refractivity contribution in [3.05, 3.63) is 65.2 Å². The van der Waals surface area contributed by atoms with Gasteiger partial charge in [0.1, 0.15) is 0 Å². The number of anilines is 1. The van der Waals surface area contributed by atoms with Gasteiger partial charge in [-0.05, 0) is 42.7 Å². The number of hydrogen-bond donors (Lipinski definition) is 1. The number of rotatable bonds is 4. The molecule has 4 nitrogen and oxygen atoms in total. The second-order valence-corrected chi connectivity index (χ2v) is 6.45. The molecule has 3 rings (SSSR count). The van der Waals surface area contributed by atoms with Crippen LogP contribution < -0.4 is 10.2 Å². The molecule has 0 aliphatic carbocycles. The van der Waals surface area contributed by atoms with E-state index in [2.05, 4.69) is 11.4 Å². The van der Waals surface area contributed by atoms with Gasteiger partial charge in [0, 0.05) is 25.2 Å². The van der Waals surface area contributed by atoms with E-state index in [1.807, 2.05) is 56.3 Å². The fraction of sp³-hybridized carbons (Fsp3) is 0.300. The molecule has 0 radical (unpaired) electrons. The van der Waals surface area contributed by atoms with Crippen molar-refractivity contribution in [1.29, 1.82) is 0 Å². The Morgan fingerprint density at radius 1 is 1.12 bits per heavy atom. The van der Waals surface area contributed by atoms with Gasteiger partial charge in [-0.1, -0.05) is 36.4 Å². The Labute approximate surface area is 142 Å². The van der Waals surface area contributed by atoms with Crippen LogP contribution in [0.1, 0.15) is 23.1 Å². The van der Waals surface area contributed by atoms with Crippen LogP contribution in [0.25, 0.3) is 0 Å². The van der Waals surface area contributed by atoms with Gasteiger partial charge in [0.2, 0.25) is 11.8 Å². The second-order valence-electron chi connectivity index (χ2n) is 6.45. The van der Waals surface area contributed by atoms with E-state index < -0.39 is 0 Å².